The van der Waals surface area contributed by atoms with Gasteiger partial charge >= 0.3 is 0 Å². The molecule has 4 nitrogen and oxygen atoms in total. The molecule has 1 atom stereocenters. The van der Waals surface area contributed by atoms with Crippen molar-refractivity contribution >= 4 is 23.4 Å². The number of nitrogens with zero attached hydrogens (tertiary/aromatic N) is 2. The second kappa shape index (κ2) is 7.21. The van der Waals surface area contributed by atoms with E-state index in [1.807, 2.05) is 6.07 Å². The van der Waals surface area contributed by atoms with Crippen molar-refractivity contribution in [3.8, 4) is 11.1 Å². The van der Waals surface area contributed by atoms with Crippen LogP contribution in [-0.2, 0) is 0 Å². The lowest BCUT2D eigenvalue weighted by Gasteiger charge is -2.35. The second-order valence-electron chi connectivity index (χ2n) is 6.89. The number of hydrogen-bond donors (Lipinski definition) is 2. The van der Waals surface area contributed by atoms with E-state index in [-0.39, 0.29) is 12.0 Å². The van der Waals surface area contributed by atoms with Crippen molar-refractivity contribution < 1.29 is 4.39 Å². The maximum absolute atomic E-state index is 13.6. The zero-order valence-electron chi connectivity index (χ0n) is 14.8. The summed E-state index contributed by atoms with van der Waals surface area (Å²) in [5.74, 6) is -0.217. The molecule has 4 rings (SSSR count). The molecule has 136 valence electrons. The van der Waals surface area contributed by atoms with Gasteiger partial charge in [-0.25, -0.2) is 4.39 Å². The first kappa shape index (κ1) is 17.2. The first-order valence-corrected chi connectivity index (χ1v) is 9.82. The first-order chi connectivity index (χ1) is 12.6. The Balaban J connectivity index is 1.50. The van der Waals surface area contributed by atoms with Crippen molar-refractivity contribution in [1.29, 1.82) is 0 Å². The van der Waals surface area contributed by atoms with Crippen LogP contribution in [0.1, 0.15) is 30.8 Å². The number of thiophene rings is 1. The highest BCUT2D eigenvalue weighted by molar-refractivity contribution is 7.11. The molecule has 0 spiro atoms. The Labute approximate surface area is 157 Å². The smallest absolute Gasteiger partial charge is 0.138 e. The predicted molar refractivity (Wildman–Crippen MR) is 107 cm³/mol. The summed E-state index contributed by atoms with van der Waals surface area (Å²) in [6, 6.07) is 7.17. The molecule has 2 aliphatic rings. The van der Waals surface area contributed by atoms with Gasteiger partial charge in [-0.05, 0) is 37.5 Å². The summed E-state index contributed by atoms with van der Waals surface area (Å²) in [6.45, 7) is 8.17. The van der Waals surface area contributed by atoms with E-state index in [0.717, 1.165) is 53.3 Å². The van der Waals surface area contributed by atoms with Gasteiger partial charge in [0.25, 0.3) is 0 Å². The number of benzene rings is 1. The van der Waals surface area contributed by atoms with Gasteiger partial charge in [0.05, 0.1) is 16.9 Å². The van der Waals surface area contributed by atoms with Gasteiger partial charge in [-0.15, -0.1) is 11.3 Å². The van der Waals surface area contributed by atoms with Crippen molar-refractivity contribution in [2.75, 3.05) is 18.4 Å². The third-order valence-electron chi connectivity index (χ3n) is 5.06. The van der Waals surface area contributed by atoms with E-state index >= 15 is 0 Å². The van der Waals surface area contributed by atoms with Crippen LogP contribution in [0, 0.1) is 5.82 Å². The van der Waals surface area contributed by atoms with E-state index in [0.29, 0.717) is 6.04 Å². The number of rotatable bonds is 4. The van der Waals surface area contributed by atoms with E-state index in [9.17, 15) is 4.39 Å². The zero-order valence-corrected chi connectivity index (χ0v) is 15.7. The molecule has 26 heavy (non-hydrogen) atoms. The van der Waals surface area contributed by atoms with Crippen LogP contribution in [0.4, 0.5) is 10.1 Å². The Morgan fingerprint density at radius 3 is 2.92 bits per heavy atom. The van der Waals surface area contributed by atoms with Crippen LogP contribution >= 0.6 is 11.3 Å². The minimum Gasteiger partial charge on any atom is -0.375 e. The molecule has 1 aromatic heterocycles. The minimum absolute atomic E-state index is 0.0417. The SMILES string of the molecule is C=C(C)N1CCC(NC2N=CNc3c(-c4cccc(F)c4)csc32)CC1. The van der Waals surface area contributed by atoms with E-state index in [4.69, 9.17) is 0 Å². The van der Waals surface area contributed by atoms with Crippen LogP contribution in [-0.4, -0.2) is 30.4 Å². The maximum Gasteiger partial charge on any atom is 0.138 e. The largest absolute Gasteiger partial charge is 0.375 e. The van der Waals surface area contributed by atoms with Gasteiger partial charge in [-0.3, -0.25) is 10.3 Å². The number of hydrogen-bond acceptors (Lipinski definition) is 5. The van der Waals surface area contributed by atoms with Crippen molar-refractivity contribution in [2.24, 2.45) is 4.99 Å². The highest BCUT2D eigenvalue weighted by Crippen LogP contribution is 2.41. The molecule has 0 saturated carbocycles. The lowest BCUT2D eigenvalue weighted by Crippen LogP contribution is -2.43. The van der Waals surface area contributed by atoms with Crippen LogP contribution in [0.3, 0.4) is 0 Å². The topological polar surface area (TPSA) is 39.7 Å². The van der Waals surface area contributed by atoms with Crippen LogP contribution < -0.4 is 10.6 Å². The fourth-order valence-corrected chi connectivity index (χ4v) is 4.65. The van der Waals surface area contributed by atoms with Gasteiger partial charge in [-0.1, -0.05) is 18.7 Å². The molecule has 0 aliphatic carbocycles. The fraction of sp³-hybridized carbons (Fsp3) is 0.350. The number of fused-ring (bicyclic) bond motifs is 1. The molecule has 1 saturated heterocycles. The van der Waals surface area contributed by atoms with Gasteiger partial charge in [0.2, 0.25) is 0 Å². The minimum atomic E-state index is -0.217. The van der Waals surface area contributed by atoms with E-state index in [1.54, 1.807) is 29.8 Å². The molecule has 1 fully saturated rings. The molecule has 2 N–H and O–H groups in total. The summed E-state index contributed by atoms with van der Waals surface area (Å²) < 4.78 is 13.6. The quantitative estimate of drug-likeness (QED) is 0.827. The molecule has 1 aromatic carbocycles. The number of aliphatic imine (C=N–C) groups is 1. The molecular formula is C20H23FN4S. The average molecular weight is 370 g/mol. The monoisotopic (exact) mass is 370 g/mol. The molecule has 6 heteroatoms. The average Bonchev–Trinajstić information content (AvgIpc) is 3.07. The van der Waals surface area contributed by atoms with E-state index in [1.165, 1.54) is 6.07 Å². The van der Waals surface area contributed by atoms with Gasteiger partial charge in [-0.2, -0.15) is 0 Å². The Morgan fingerprint density at radius 2 is 2.19 bits per heavy atom. The second-order valence-corrected chi connectivity index (χ2v) is 7.80. The first-order valence-electron chi connectivity index (χ1n) is 8.94. The van der Waals surface area contributed by atoms with Crippen molar-refractivity contribution in [1.82, 2.24) is 10.2 Å². The van der Waals surface area contributed by atoms with Crippen LogP contribution in [0.15, 0.2) is 46.9 Å². The molecule has 0 radical (unpaired) electrons. The number of halogens is 1. The lowest BCUT2D eigenvalue weighted by atomic mass is 10.0. The zero-order chi connectivity index (χ0) is 18.1. The third-order valence-corrected chi connectivity index (χ3v) is 6.10. The summed E-state index contributed by atoms with van der Waals surface area (Å²) in [7, 11) is 0. The Kier molecular flexibility index (Phi) is 4.78. The molecule has 1 unspecified atom stereocenters. The van der Waals surface area contributed by atoms with Crippen molar-refractivity contribution in [2.45, 2.75) is 32.0 Å². The number of nitrogens with one attached hydrogen (secondary N) is 2. The number of likely N-dealkylation sites (tertiary alicyclic amines) is 1. The number of piperidine rings is 1. The third kappa shape index (κ3) is 3.39. The van der Waals surface area contributed by atoms with Crippen LogP contribution in [0.25, 0.3) is 11.1 Å². The molecule has 2 aromatic rings. The molecule has 0 amide bonds. The molecular weight excluding hydrogens is 347 g/mol. The number of allylic oxidation sites excluding steroid dienone is 1. The Morgan fingerprint density at radius 1 is 1.38 bits per heavy atom. The highest BCUT2D eigenvalue weighted by Gasteiger charge is 2.27. The fourth-order valence-electron chi connectivity index (χ4n) is 3.61. The lowest BCUT2D eigenvalue weighted by molar-refractivity contribution is 0.233. The Bertz CT molecular complexity index is 836. The van der Waals surface area contributed by atoms with Crippen LogP contribution in [0.5, 0.6) is 0 Å². The van der Waals surface area contributed by atoms with Crippen molar-refractivity contribution in [3.05, 3.63) is 52.6 Å². The van der Waals surface area contributed by atoms with E-state index < -0.39 is 0 Å². The van der Waals surface area contributed by atoms with Crippen molar-refractivity contribution in [3.63, 3.8) is 0 Å². The predicted octanol–water partition coefficient (Wildman–Crippen LogP) is 4.59. The van der Waals surface area contributed by atoms with E-state index in [2.05, 4.69) is 39.4 Å². The summed E-state index contributed by atoms with van der Waals surface area (Å²) in [6.07, 6.45) is 3.88. The maximum atomic E-state index is 13.6. The van der Waals surface area contributed by atoms with Gasteiger partial charge in [0, 0.05) is 35.8 Å². The van der Waals surface area contributed by atoms with Gasteiger partial charge < -0.3 is 10.2 Å². The van der Waals surface area contributed by atoms with Crippen LogP contribution in [0.2, 0.25) is 0 Å². The highest BCUT2D eigenvalue weighted by atomic mass is 32.1. The molecule has 2 aliphatic heterocycles. The standard InChI is InChI=1S/C20H23FN4S/c1-13(2)25-8-6-16(7-9-25)24-20-19-18(22-12-23-20)17(11-26-19)14-4-3-5-15(21)10-14/h3-5,10-12,16,20,24H,1,6-9H2,2H3,(H,22,23). The molecule has 0 bridgehead atoms. The Hall–Kier alpha value is -2.18. The normalized spacial score (nSPS) is 19.9. The molecule has 3 heterocycles. The summed E-state index contributed by atoms with van der Waals surface area (Å²) in [4.78, 5) is 8.10. The number of anilines is 1. The summed E-state index contributed by atoms with van der Waals surface area (Å²) in [5.41, 5.74) is 4.09. The summed E-state index contributed by atoms with van der Waals surface area (Å²) in [5, 5.41) is 9.03. The van der Waals surface area contributed by atoms with Gasteiger partial charge in [0.15, 0.2) is 0 Å². The van der Waals surface area contributed by atoms with Gasteiger partial charge in [0.1, 0.15) is 12.0 Å². The summed E-state index contributed by atoms with van der Waals surface area (Å²) >= 11 is 1.67.